The van der Waals surface area contributed by atoms with Gasteiger partial charge >= 0.3 is 6.18 Å². The predicted molar refractivity (Wildman–Crippen MR) is 91.9 cm³/mol. The maximum absolute atomic E-state index is 12.9. The molecule has 1 amide bonds. The fourth-order valence-electron chi connectivity index (χ4n) is 4.70. The molecule has 4 atom stereocenters. The van der Waals surface area contributed by atoms with E-state index in [2.05, 4.69) is 10.3 Å². The maximum Gasteiger partial charge on any atom is 0.433 e. The number of fused-ring (bicyclic) bond motifs is 2. The van der Waals surface area contributed by atoms with Crippen molar-refractivity contribution in [2.75, 3.05) is 18.0 Å². The van der Waals surface area contributed by atoms with Gasteiger partial charge in [-0.1, -0.05) is 18.0 Å². The molecule has 1 aromatic heterocycles. The second-order valence-corrected chi connectivity index (χ2v) is 8.13. The number of carbonyl (C=O) groups excluding carboxylic acids is 1. The minimum Gasteiger partial charge on any atom is -0.355 e. The monoisotopic (exact) mass is 387 g/mol. The SMILES string of the molecule is O=C(N[C@@H]1C[C@@H]2CC[C@H]1C2)[C@H]1CCN(c2nc(C(F)(F)F)ccc2Cl)C1. The number of aromatic nitrogens is 1. The summed E-state index contributed by atoms with van der Waals surface area (Å²) < 4.78 is 38.7. The molecular weight excluding hydrogens is 367 g/mol. The molecule has 2 saturated carbocycles. The lowest BCUT2D eigenvalue weighted by molar-refractivity contribution is -0.141. The molecule has 2 bridgehead atoms. The Labute approximate surface area is 155 Å². The molecule has 1 N–H and O–H groups in total. The summed E-state index contributed by atoms with van der Waals surface area (Å²) in [7, 11) is 0. The van der Waals surface area contributed by atoms with Crippen LogP contribution in [0.3, 0.4) is 0 Å². The van der Waals surface area contributed by atoms with Crippen LogP contribution in [0.4, 0.5) is 19.0 Å². The normalized spacial score (nSPS) is 30.8. The molecule has 4 rings (SSSR count). The highest BCUT2D eigenvalue weighted by molar-refractivity contribution is 6.33. The number of pyridine rings is 1. The maximum atomic E-state index is 12.9. The molecule has 26 heavy (non-hydrogen) atoms. The van der Waals surface area contributed by atoms with E-state index in [-0.39, 0.29) is 28.7 Å². The van der Waals surface area contributed by atoms with Gasteiger partial charge in [0, 0.05) is 19.1 Å². The van der Waals surface area contributed by atoms with Gasteiger partial charge in [0.05, 0.1) is 10.9 Å². The van der Waals surface area contributed by atoms with Gasteiger partial charge in [-0.15, -0.1) is 0 Å². The van der Waals surface area contributed by atoms with Crippen molar-refractivity contribution in [2.24, 2.45) is 17.8 Å². The van der Waals surface area contributed by atoms with E-state index in [9.17, 15) is 18.0 Å². The van der Waals surface area contributed by atoms with E-state index in [0.717, 1.165) is 18.4 Å². The number of amides is 1. The zero-order valence-electron chi connectivity index (χ0n) is 14.2. The van der Waals surface area contributed by atoms with Gasteiger partial charge in [-0.25, -0.2) is 4.98 Å². The van der Waals surface area contributed by atoms with Crippen LogP contribution in [0.15, 0.2) is 12.1 Å². The quantitative estimate of drug-likeness (QED) is 0.856. The Hall–Kier alpha value is -1.50. The lowest BCUT2D eigenvalue weighted by atomic mass is 9.94. The average molecular weight is 388 g/mol. The Bertz CT molecular complexity index is 711. The van der Waals surface area contributed by atoms with Crippen molar-refractivity contribution >= 4 is 23.3 Å². The van der Waals surface area contributed by atoms with Gasteiger partial charge in [0.25, 0.3) is 0 Å². The smallest absolute Gasteiger partial charge is 0.355 e. The minimum atomic E-state index is -4.52. The summed E-state index contributed by atoms with van der Waals surface area (Å²) in [6.45, 7) is 0.823. The lowest BCUT2D eigenvalue weighted by Crippen LogP contribution is -2.42. The summed E-state index contributed by atoms with van der Waals surface area (Å²) in [5.74, 6) is 1.23. The molecule has 0 aromatic carbocycles. The van der Waals surface area contributed by atoms with E-state index in [0.29, 0.717) is 25.4 Å². The number of nitrogens with one attached hydrogen (secondary N) is 1. The first-order valence-corrected chi connectivity index (χ1v) is 9.48. The second kappa shape index (κ2) is 6.59. The van der Waals surface area contributed by atoms with Crippen molar-refractivity contribution in [1.82, 2.24) is 10.3 Å². The van der Waals surface area contributed by atoms with Gasteiger partial charge in [0.15, 0.2) is 0 Å². The Morgan fingerprint density at radius 3 is 2.69 bits per heavy atom. The molecule has 2 aliphatic carbocycles. The van der Waals surface area contributed by atoms with Crippen molar-refractivity contribution < 1.29 is 18.0 Å². The van der Waals surface area contributed by atoms with Crippen LogP contribution in [-0.4, -0.2) is 30.0 Å². The Morgan fingerprint density at radius 1 is 1.23 bits per heavy atom. The number of rotatable bonds is 3. The van der Waals surface area contributed by atoms with Crippen LogP contribution in [0, 0.1) is 17.8 Å². The number of hydrogen-bond acceptors (Lipinski definition) is 3. The highest BCUT2D eigenvalue weighted by Gasteiger charge is 2.41. The molecule has 3 fully saturated rings. The summed E-state index contributed by atoms with van der Waals surface area (Å²) in [4.78, 5) is 18.0. The summed E-state index contributed by atoms with van der Waals surface area (Å²) in [6.07, 6.45) is 0.821. The minimum absolute atomic E-state index is 0.00754. The zero-order chi connectivity index (χ0) is 18.5. The first kappa shape index (κ1) is 17.9. The molecule has 4 nitrogen and oxygen atoms in total. The molecule has 3 aliphatic rings. The van der Waals surface area contributed by atoms with Crippen molar-refractivity contribution in [3.05, 3.63) is 22.8 Å². The lowest BCUT2D eigenvalue weighted by Gasteiger charge is -2.25. The highest BCUT2D eigenvalue weighted by Crippen LogP contribution is 2.44. The van der Waals surface area contributed by atoms with Gasteiger partial charge in [-0.2, -0.15) is 13.2 Å². The number of alkyl halides is 3. The van der Waals surface area contributed by atoms with E-state index < -0.39 is 11.9 Å². The summed E-state index contributed by atoms with van der Waals surface area (Å²) in [6, 6.07) is 2.36. The number of carbonyl (C=O) groups is 1. The van der Waals surface area contributed by atoms with E-state index in [1.54, 1.807) is 4.90 Å². The molecule has 2 heterocycles. The van der Waals surface area contributed by atoms with Crippen LogP contribution >= 0.6 is 11.6 Å². The average Bonchev–Trinajstić information content (AvgIpc) is 3.30. The topological polar surface area (TPSA) is 45.2 Å². The molecule has 0 spiro atoms. The van der Waals surface area contributed by atoms with E-state index in [1.165, 1.54) is 25.3 Å². The first-order chi connectivity index (χ1) is 12.3. The van der Waals surface area contributed by atoms with Crippen LogP contribution in [-0.2, 0) is 11.0 Å². The van der Waals surface area contributed by atoms with Crippen molar-refractivity contribution in [3.8, 4) is 0 Å². The number of anilines is 1. The van der Waals surface area contributed by atoms with E-state index in [1.807, 2.05) is 0 Å². The standard InChI is InChI=1S/C18H21ClF3N3O/c19-13-3-4-15(18(20,21)22)24-16(13)25-6-5-12(9-25)17(26)23-14-8-10-1-2-11(14)7-10/h3-4,10-12,14H,1-2,5-9H2,(H,23,26)/t10-,11+,12+,14-/m1/s1. The van der Waals surface area contributed by atoms with E-state index in [4.69, 9.17) is 11.6 Å². The molecule has 0 unspecified atom stereocenters. The third-order valence-corrected chi connectivity index (χ3v) is 6.34. The Kier molecular flexibility index (Phi) is 4.53. The van der Waals surface area contributed by atoms with E-state index >= 15 is 0 Å². The molecule has 8 heteroatoms. The number of nitrogens with zero attached hydrogens (tertiary/aromatic N) is 2. The molecule has 1 aromatic rings. The fourth-order valence-corrected chi connectivity index (χ4v) is 4.92. The third-order valence-electron chi connectivity index (χ3n) is 6.04. The van der Waals surface area contributed by atoms with Gasteiger partial charge in [-0.3, -0.25) is 4.79 Å². The van der Waals surface area contributed by atoms with Crippen LogP contribution in [0.5, 0.6) is 0 Å². The molecule has 0 radical (unpaired) electrons. The molecule has 1 aliphatic heterocycles. The van der Waals surface area contributed by atoms with Crippen molar-refractivity contribution in [1.29, 1.82) is 0 Å². The summed E-state index contributed by atoms with van der Waals surface area (Å²) in [5, 5.41) is 3.35. The van der Waals surface area contributed by atoms with Gasteiger partial charge in [0.2, 0.25) is 5.91 Å². The third kappa shape index (κ3) is 3.38. The fraction of sp³-hybridized carbons (Fsp3) is 0.667. The second-order valence-electron chi connectivity index (χ2n) is 7.72. The molecule has 1 saturated heterocycles. The van der Waals surface area contributed by atoms with Crippen LogP contribution < -0.4 is 10.2 Å². The van der Waals surface area contributed by atoms with Gasteiger partial charge in [-0.05, 0) is 49.7 Å². The zero-order valence-corrected chi connectivity index (χ0v) is 15.0. The van der Waals surface area contributed by atoms with Crippen LogP contribution in [0.1, 0.15) is 37.8 Å². The summed E-state index contributed by atoms with van der Waals surface area (Å²) >= 11 is 6.06. The van der Waals surface area contributed by atoms with Crippen LogP contribution in [0.2, 0.25) is 5.02 Å². The summed E-state index contributed by atoms with van der Waals surface area (Å²) in [5.41, 5.74) is -0.966. The molecular formula is C18H21ClF3N3O. The van der Waals surface area contributed by atoms with Gasteiger partial charge < -0.3 is 10.2 Å². The molecule has 142 valence electrons. The van der Waals surface area contributed by atoms with Crippen molar-refractivity contribution in [3.63, 3.8) is 0 Å². The highest BCUT2D eigenvalue weighted by atomic mass is 35.5. The number of hydrogen-bond donors (Lipinski definition) is 1. The predicted octanol–water partition coefficient (Wildman–Crippen LogP) is 3.88. The van der Waals surface area contributed by atoms with Gasteiger partial charge in [0.1, 0.15) is 11.5 Å². The van der Waals surface area contributed by atoms with Crippen molar-refractivity contribution in [2.45, 2.75) is 44.3 Å². The largest absolute Gasteiger partial charge is 0.433 e. The Balaban J connectivity index is 1.41. The number of halogens is 4. The van der Waals surface area contributed by atoms with Crippen LogP contribution in [0.25, 0.3) is 0 Å². The first-order valence-electron chi connectivity index (χ1n) is 9.10. The Morgan fingerprint density at radius 2 is 2.04 bits per heavy atom.